The number of amides is 5. The molecule has 7 aromatic rings. The molecule has 0 bridgehead atoms. The highest BCUT2D eigenvalue weighted by molar-refractivity contribution is 5.95. The highest BCUT2D eigenvalue weighted by atomic mass is 16.6. The molecule has 0 fully saturated rings. The van der Waals surface area contributed by atoms with Gasteiger partial charge in [-0.2, -0.15) is 0 Å². The Kier molecular flexibility index (Phi) is 21.1. The monoisotopic (exact) mass is 1180 g/mol. The van der Waals surface area contributed by atoms with Gasteiger partial charge in [-0.15, -0.1) is 0 Å². The summed E-state index contributed by atoms with van der Waals surface area (Å²) in [5.41, 5.74) is 5.74. The van der Waals surface area contributed by atoms with Crippen molar-refractivity contribution in [1.29, 1.82) is 0 Å². The summed E-state index contributed by atoms with van der Waals surface area (Å²) in [7, 11) is 0. The smallest absolute Gasteiger partial charge is 0.407 e. The summed E-state index contributed by atoms with van der Waals surface area (Å²) in [6.07, 6.45) is 2.69. The molecule has 1 aliphatic carbocycles. The molecule has 6 N–H and O–H groups in total. The van der Waals surface area contributed by atoms with Crippen molar-refractivity contribution in [3.05, 3.63) is 215 Å². The van der Waals surface area contributed by atoms with Crippen LogP contribution in [0.5, 0.6) is 5.75 Å². The summed E-state index contributed by atoms with van der Waals surface area (Å²) in [4.78, 5) is 89.1. The molecule has 4 atom stereocenters. The Balaban J connectivity index is 1.10. The first kappa shape index (κ1) is 63.8. The van der Waals surface area contributed by atoms with E-state index in [1.165, 1.54) is 0 Å². The number of carboxylic acid groups (broad SMARTS) is 1. The summed E-state index contributed by atoms with van der Waals surface area (Å²) >= 11 is 0. The van der Waals surface area contributed by atoms with E-state index in [1.54, 1.807) is 51.4 Å². The molecule has 0 radical (unpaired) electrons. The minimum atomic E-state index is -1.42. The van der Waals surface area contributed by atoms with Gasteiger partial charge in [-0.05, 0) is 130 Å². The van der Waals surface area contributed by atoms with Crippen molar-refractivity contribution in [2.75, 3.05) is 13.2 Å². The number of hydrogen-bond donors (Lipinski definition) is 6. The summed E-state index contributed by atoms with van der Waals surface area (Å²) in [6.45, 7) is 15.0. The molecule has 0 saturated carbocycles. The van der Waals surface area contributed by atoms with Crippen LogP contribution in [0.25, 0.3) is 11.1 Å². The van der Waals surface area contributed by atoms with Gasteiger partial charge in [0.1, 0.15) is 53.3 Å². The third-order valence-corrected chi connectivity index (χ3v) is 14.9. The molecule has 0 aliphatic heterocycles. The first-order valence-corrected chi connectivity index (χ1v) is 29.8. The number of unbranched alkanes of at least 4 members (excludes halogenated alkanes) is 1. The van der Waals surface area contributed by atoms with Crippen LogP contribution in [0.1, 0.15) is 126 Å². The lowest BCUT2D eigenvalue weighted by atomic mass is 9.77. The van der Waals surface area contributed by atoms with E-state index in [9.17, 15) is 24.3 Å². The fraction of sp³-hybridized carbons (Fsp3) is 0.357. The zero-order chi connectivity index (χ0) is 62.3. The van der Waals surface area contributed by atoms with E-state index in [-0.39, 0.29) is 50.7 Å². The maximum absolute atomic E-state index is 15.2. The predicted molar refractivity (Wildman–Crippen MR) is 334 cm³/mol. The number of imidazole rings is 1. The molecule has 8 rings (SSSR count). The first-order chi connectivity index (χ1) is 41.6. The number of alkyl carbamates (subject to hydrolysis) is 2. The fourth-order valence-electron chi connectivity index (χ4n) is 11.1. The number of carbonyl (C=O) groups is 6. The molecule has 17 nitrogen and oxygen atoms in total. The number of aromatic nitrogens is 2. The second-order valence-electron chi connectivity index (χ2n) is 24.4. The van der Waals surface area contributed by atoms with E-state index < -0.39 is 76.8 Å². The Hall–Kier alpha value is -9.25. The highest BCUT2D eigenvalue weighted by Gasteiger charge is 2.40. The quantitative estimate of drug-likeness (QED) is 0.0221. The number of nitrogens with one attached hydrogen (secondary N) is 5. The van der Waals surface area contributed by atoms with E-state index in [4.69, 9.17) is 19.2 Å². The van der Waals surface area contributed by atoms with Crippen LogP contribution >= 0.6 is 0 Å². The van der Waals surface area contributed by atoms with Gasteiger partial charge in [-0.1, -0.05) is 166 Å². The predicted octanol–water partition coefficient (Wildman–Crippen LogP) is 10.9. The van der Waals surface area contributed by atoms with Crippen LogP contribution in [0.3, 0.4) is 0 Å². The number of nitrogens with zero attached hydrogens (tertiary/aromatic N) is 2. The lowest BCUT2D eigenvalue weighted by Crippen LogP contribution is -2.58. The summed E-state index contributed by atoms with van der Waals surface area (Å²) in [6, 6.07) is 47.4. The molecule has 6 aromatic carbocycles. The van der Waals surface area contributed by atoms with E-state index in [1.807, 2.05) is 185 Å². The second kappa shape index (κ2) is 28.8. The standard InChI is InChI=1S/C70H81N7O10/c1-46(2)40-59(63(79)75-61(65(81)82)41-47-35-37-52(38-36-47)86-68(3,4)5)73-64(80)60(42-51-43-77(45-72-51)70(48-24-12-9-13-25-48,49-26-14-10-15-27-49)50-28-16-11-17-29-50)74-62(78)58(34-22-23-39-71-66(83)87-69(6,7)8)76-67(84)85-44-57-55-32-20-18-30-53(55)54-31-19-21-33-56(54)57/h9-21,24-33,35-38,43,45-46,57-61H,22-23,34,39-42,44H2,1-8H3,(H,71,83)(H,73,80)(H,74,78)(H,75,79)(H,76,84)(H,81,82)/t58-,59-,60-,61-/m0/s1. The normalized spacial score (nSPS) is 13.6. The van der Waals surface area contributed by atoms with Gasteiger partial charge >= 0.3 is 18.2 Å². The van der Waals surface area contributed by atoms with Crippen molar-refractivity contribution in [1.82, 2.24) is 36.1 Å². The molecule has 0 saturated heterocycles. The number of benzene rings is 6. The maximum atomic E-state index is 15.2. The van der Waals surface area contributed by atoms with Gasteiger partial charge in [0.2, 0.25) is 17.7 Å². The van der Waals surface area contributed by atoms with Crippen molar-refractivity contribution in [2.45, 2.75) is 141 Å². The summed E-state index contributed by atoms with van der Waals surface area (Å²) < 4.78 is 19.3. The van der Waals surface area contributed by atoms with Crippen LogP contribution in [-0.4, -0.2) is 99.1 Å². The van der Waals surface area contributed by atoms with Crippen molar-refractivity contribution in [2.24, 2.45) is 5.92 Å². The molecule has 5 amide bonds. The molecule has 0 spiro atoms. The van der Waals surface area contributed by atoms with E-state index in [0.717, 1.165) is 38.9 Å². The average Bonchev–Trinajstić information content (AvgIpc) is 1.76. The zero-order valence-corrected chi connectivity index (χ0v) is 50.9. The molecule has 1 aliphatic rings. The molecule has 17 heteroatoms. The second-order valence-corrected chi connectivity index (χ2v) is 24.4. The Morgan fingerprint density at radius 1 is 0.563 bits per heavy atom. The minimum absolute atomic E-state index is 0.0289. The molecular formula is C70H81N7O10. The van der Waals surface area contributed by atoms with E-state index in [2.05, 4.69) is 26.6 Å². The highest BCUT2D eigenvalue weighted by Crippen LogP contribution is 2.45. The number of hydrogen-bond acceptors (Lipinski definition) is 10. The van der Waals surface area contributed by atoms with Crippen LogP contribution in [-0.2, 0) is 47.0 Å². The van der Waals surface area contributed by atoms with Gasteiger partial charge in [-0.3, -0.25) is 14.4 Å². The zero-order valence-electron chi connectivity index (χ0n) is 50.9. The topological polar surface area (TPSA) is 228 Å². The molecular weight excluding hydrogens is 1100 g/mol. The number of carbonyl (C=O) groups excluding carboxylic acids is 5. The van der Waals surface area contributed by atoms with Gasteiger partial charge in [0.15, 0.2) is 0 Å². The van der Waals surface area contributed by atoms with Gasteiger partial charge < -0.3 is 50.5 Å². The SMILES string of the molecule is CC(C)C[C@H](NC(=O)[C@H](Cc1cn(C(c2ccccc2)(c2ccccc2)c2ccccc2)cn1)NC(=O)[C@H](CCCCNC(=O)OC(C)(C)C)NC(=O)OCC1c2ccccc2-c2ccccc21)C(=O)N[C@@H](Cc1ccc(OC(C)(C)C)cc1)C(=O)O. The number of aliphatic carboxylic acids is 1. The number of rotatable bonds is 26. The van der Waals surface area contributed by atoms with Gasteiger partial charge in [0.25, 0.3) is 0 Å². The van der Waals surface area contributed by atoms with Crippen molar-refractivity contribution >= 4 is 35.9 Å². The van der Waals surface area contributed by atoms with Crippen LogP contribution < -0.4 is 31.3 Å². The van der Waals surface area contributed by atoms with Gasteiger partial charge in [0.05, 0.1) is 12.0 Å². The third-order valence-electron chi connectivity index (χ3n) is 14.9. The van der Waals surface area contributed by atoms with Crippen LogP contribution in [0.4, 0.5) is 9.59 Å². The molecule has 0 unspecified atom stereocenters. The number of carboxylic acids is 1. The van der Waals surface area contributed by atoms with E-state index >= 15 is 9.59 Å². The molecule has 1 aromatic heterocycles. The Bertz CT molecular complexity index is 3310. The molecule has 456 valence electrons. The largest absolute Gasteiger partial charge is 0.488 e. The Labute approximate surface area is 510 Å². The summed E-state index contributed by atoms with van der Waals surface area (Å²) in [5.74, 6) is -3.34. The minimum Gasteiger partial charge on any atom is -0.488 e. The van der Waals surface area contributed by atoms with Gasteiger partial charge in [0, 0.05) is 31.5 Å². The molecule has 87 heavy (non-hydrogen) atoms. The fourth-order valence-corrected chi connectivity index (χ4v) is 11.1. The Morgan fingerprint density at radius 3 is 1.60 bits per heavy atom. The van der Waals surface area contributed by atoms with Crippen molar-refractivity contribution in [3.8, 4) is 16.9 Å². The van der Waals surface area contributed by atoms with Crippen LogP contribution in [0.2, 0.25) is 0 Å². The lowest BCUT2D eigenvalue weighted by Gasteiger charge is -2.37. The summed E-state index contributed by atoms with van der Waals surface area (Å²) in [5, 5.41) is 24.5. The van der Waals surface area contributed by atoms with Crippen molar-refractivity contribution in [3.63, 3.8) is 0 Å². The number of ether oxygens (including phenoxy) is 3. The van der Waals surface area contributed by atoms with E-state index in [0.29, 0.717) is 29.8 Å². The molecule has 1 heterocycles. The Morgan fingerprint density at radius 2 is 1.07 bits per heavy atom. The van der Waals surface area contributed by atoms with Crippen molar-refractivity contribution < 1.29 is 48.1 Å². The lowest BCUT2D eigenvalue weighted by molar-refractivity contribution is -0.142. The maximum Gasteiger partial charge on any atom is 0.407 e. The van der Waals surface area contributed by atoms with Crippen LogP contribution in [0, 0.1) is 5.92 Å². The number of fused-ring (bicyclic) bond motifs is 3. The van der Waals surface area contributed by atoms with Crippen LogP contribution in [0.15, 0.2) is 176 Å². The average molecular weight is 1180 g/mol. The van der Waals surface area contributed by atoms with Gasteiger partial charge in [-0.25, -0.2) is 19.4 Å². The first-order valence-electron chi connectivity index (χ1n) is 29.8. The third kappa shape index (κ3) is 17.0.